The Balaban J connectivity index is 2.53. The Bertz CT molecular complexity index is 499. The summed E-state index contributed by atoms with van der Waals surface area (Å²) in [6.07, 6.45) is 0. The van der Waals surface area contributed by atoms with Gasteiger partial charge in [0.2, 0.25) is 5.91 Å². The van der Waals surface area contributed by atoms with Gasteiger partial charge in [-0.2, -0.15) is 0 Å². The van der Waals surface area contributed by atoms with Crippen LogP contribution >= 0.6 is 0 Å². The van der Waals surface area contributed by atoms with Crippen molar-refractivity contribution < 1.29 is 19.5 Å². The number of likely N-dealkylation sites (N-methyl/N-ethyl adjacent to an activating group) is 1. The number of carbonyl (C=O) groups is 3. The van der Waals surface area contributed by atoms with Crippen LogP contribution in [0.2, 0.25) is 0 Å². The molecule has 2 amide bonds. The van der Waals surface area contributed by atoms with Gasteiger partial charge >= 0.3 is 5.97 Å². The van der Waals surface area contributed by atoms with Gasteiger partial charge in [-0.05, 0) is 18.6 Å². The van der Waals surface area contributed by atoms with E-state index in [0.29, 0.717) is 5.56 Å². The lowest BCUT2D eigenvalue weighted by molar-refractivity contribution is -0.143. The second-order valence-corrected chi connectivity index (χ2v) is 4.14. The van der Waals surface area contributed by atoms with Gasteiger partial charge in [0.15, 0.2) is 0 Å². The minimum atomic E-state index is -1.10. The van der Waals surface area contributed by atoms with E-state index in [1.165, 1.54) is 7.05 Å². The molecule has 2 N–H and O–H groups in total. The summed E-state index contributed by atoms with van der Waals surface area (Å²) in [5.74, 6) is -1.90. The van der Waals surface area contributed by atoms with Gasteiger partial charge in [0.05, 0.1) is 6.54 Å². The van der Waals surface area contributed by atoms with Crippen molar-refractivity contribution >= 4 is 17.8 Å². The number of hydrogen-bond acceptors (Lipinski definition) is 3. The van der Waals surface area contributed by atoms with Crippen molar-refractivity contribution in [2.75, 3.05) is 20.1 Å². The number of aliphatic carboxylic acids is 1. The number of carboxylic acid groups (broad SMARTS) is 1. The molecule has 1 aromatic rings. The molecule has 6 nitrogen and oxygen atoms in total. The van der Waals surface area contributed by atoms with Crippen LogP contribution in [-0.4, -0.2) is 47.9 Å². The molecule has 0 radical (unpaired) electrons. The van der Waals surface area contributed by atoms with Crippen LogP contribution in [0.3, 0.4) is 0 Å². The van der Waals surface area contributed by atoms with Gasteiger partial charge in [-0.15, -0.1) is 0 Å². The van der Waals surface area contributed by atoms with Crippen LogP contribution < -0.4 is 5.32 Å². The fourth-order valence-corrected chi connectivity index (χ4v) is 1.50. The second-order valence-electron chi connectivity index (χ2n) is 4.14. The third-order valence-corrected chi connectivity index (χ3v) is 2.59. The molecule has 0 atom stereocenters. The standard InChI is InChI=1S/C13H16N2O4/c1-9-5-3-4-6-10(9)13(19)14-7-11(16)15(2)8-12(17)18/h3-6H,7-8H2,1-2H3,(H,14,19)(H,17,18). The molecular formula is C13H16N2O4. The smallest absolute Gasteiger partial charge is 0.323 e. The highest BCUT2D eigenvalue weighted by molar-refractivity contribution is 5.97. The highest BCUT2D eigenvalue weighted by atomic mass is 16.4. The normalized spacial score (nSPS) is 9.79. The van der Waals surface area contributed by atoms with Crippen LogP contribution in [0.15, 0.2) is 24.3 Å². The lowest BCUT2D eigenvalue weighted by Crippen LogP contribution is -2.40. The van der Waals surface area contributed by atoms with Crippen molar-refractivity contribution in [1.82, 2.24) is 10.2 Å². The number of hydrogen-bond donors (Lipinski definition) is 2. The largest absolute Gasteiger partial charge is 0.480 e. The molecule has 0 aliphatic carbocycles. The Hall–Kier alpha value is -2.37. The zero-order chi connectivity index (χ0) is 14.4. The predicted octanol–water partition coefficient (Wildman–Crippen LogP) is 0.268. The fourth-order valence-electron chi connectivity index (χ4n) is 1.50. The van der Waals surface area contributed by atoms with Gasteiger partial charge in [-0.25, -0.2) is 0 Å². The van der Waals surface area contributed by atoms with E-state index >= 15 is 0 Å². The molecule has 0 aliphatic heterocycles. The lowest BCUT2D eigenvalue weighted by Gasteiger charge is -2.15. The summed E-state index contributed by atoms with van der Waals surface area (Å²) >= 11 is 0. The number of benzene rings is 1. The quantitative estimate of drug-likeness (QED) is 0.799. The summed E-state index contributed by atoms with van der Waals surface area (Å²) in [5, 5.41) is 11.0. The topological polar surface area (TPSA) is 86.7 Å². The first-order valence-electron chi connectivity index (χ1n) is 5.71. The molecule has 0 fully saturated rings. The summed E-state index contributed by atoms with van der Waals surface area (Å²) in [5.41, 5.74) is 1.31. The Morgan fingerprint density at radius 1 is 1.26 bits per heavy atom. The number of carboxylic acids is 1. The van der Waals surface area contributed by atoms with Crippen LogP contribution in [0.4, 0.5) is 0 Å². The first kappa shape index (κ1) is 14.7. The zero-order valence-corrected chi connectivity index (χ0v) is 10.8. The number of amides is 2. The van der Waals surface area contributed by atoms with Gasteiger partial charge in [0.25, 0.3) is 5.91 Å². The minimum Gasteiger partial charge on any atom is -0.480 e. The molecule has 6 heteroatoms. The van der Waals surface area contributed by atoms with Crippen molar-refractivity contribution in [2.24, 2.45) is 0 Å². The highest BCUT2D eigenvalue weighted by Crippen LogP contribution is 2.06. The Labute approximate surface area is 111 Å². The average molecular weight is 264 g/mol. The van der Waals surface area contributed by atoms with Gasteiger partial charge in [-0.1, -0.05) is 18.2 Å². The SMILES string of the molecule is Cc1ccccc1C(=O)NCC(=O)N(C)CC(=O)O. The number of aryl methyl sites for hydroxylation is 1. The number of carbonyl (C=O) groups excluding carboxylic acids is 2. The molecule has 0 saturated heterocycles. The van der Waals surface area contributed by atoms with E-state index in [1.54, 1.807) is 25.1 Å². The maximum Gasteiger partial charge on any atom is 0.323 e. The van der Waals surface area contributed by atoms with E-state index in [-0.39, 0.29) is 19.0 Å². The zero-order valence-electron chi connectivity index (χ0n) is 10.8. The molecule has 0 unspecified atom stereocenters. The number of rotatable bonds is 5. The summed E-state index contributed by atoms with van der Waals surface area (Å²) in [4.78, 5) is 34.8. The predicted molar refractivity (Wildman–Crippen MR) is 68.8 cm³/mol. The summed E-state index contributed by atoms with van der Waals surface area (Å²) in [7, 11) is 1.37. The van der Waals surface area contributed by atoms with Crippen LogP contribution in [0.5, 0.6) is 0 Å². The van der Waals surface area contributed by atoms with Gasteiger partial charge in [0, 0.05) is 12.6 Å². The third kappa shape index (κ3) is 4.42. The Morgan fingerprint density at radius 3 is 2.47 bits per heavy atom. The fraction of sp³-hybridized carbons (Fsp3) is 0.308. The molecule has 1 aromatic carbocycles. The van der Waals surface area contributed by atoms with Crippen LogP contribution in [0.1, 0.15) is 15.9 Å². The molecule has 19 heavy (non-hydrogen) atoms. The molecule has 0 aromatic heterocycles. The molecule has 0 saturated carbocycles. The molecule has 0 spiro atoms. The van der Waals surface area contributed by atoms with Crippen molar-refractivity contribution in [3.05, 3.63) is 35.4 Å². The van der Waals surface area contributed by atoms with E-state index in [4.69, 9.17) is 5.11 Å². The maximum atomic E-state index is 11.8. The molecule has 0 bridgehead atoms. The summed E-state index contributed by atoms with van der Waals surface area (Å²) in [6.45, 7) is 1.18. The molecule has 102 valence electrons. The van der Waals surface area contributed by atoms with Crippen molar-refractivity contribution in [2.45, 2.75) is 6.92 Å². The third-order valence-electron chi connectivity index (χ3n) is 2.59. The van der Waals surface area contributed by atoms with E-state index in [2.05, 4.69) is 5.32 Å². The molecule has 1 rings (SSSR count). The first-order chi connectivity index (χ1) is 8.91. The Kier molecular flexibility index (Phi) is 5.05. The van der Waals surface area contributed by atoms with E-state index in [0.717, 1.165) is 10.5 Å². The minimum absolute atomic E-state index is 0.225. The first-order valence-corrected chi connectivity index (χ1v) is 5.71. The van der Waals surface area contributed by atoms with E-state index in [9.17, 15) is 14.4 Å². The van der Waals surface area contributed by atoms with Crippen LogP contribution in [0.25, 0.3) is 0 Å². The highest BCUT2D eigenvalue weighted by Gasteiger charge is 2.14. The average Bonchev–Trinajstić information content (AvgIpc) is 2.35. The van der Waals surface area contributed by atoms with Crippen molar-refractivity contribution in [3.8, 4) is 0 Å². The Morgan fingerprint density at radius 2 is 1.89 bits per heavy atom. The molecule has 0 heterocycles. The maximum absolute atomic E-state index is 11.8. The number of nitrogens with one attached hydrogen (secondary N) is 1. The van der Waals surface area contributed by atoms with E-state index < -0.39 is 11.9 Å². The summed E-state index contributed by atoms with van der Waals surface area (Å²) < 4.78 is 0. The van der Waals surface area contributed by atoms with Gasteiger partial charge < -0.3 is 15.3 Å². The monoisotopic (exact) mass is 264 g/mol. The molecule has 0 aliphatic rings. The molecular weight excluding hydrogens is 248 g/mol. The second kappa shape index (κ2) is 6.53. The van der Waals surface area contributed by atoms with Gasteiger partial charge in [0.1, 0.15) is 6.54 Å². The van der Waals surface area contributed by atoms with E-state index in [1.807, 2.05) is 6.07 Å². The lowest BCUT2D eigenvalue weighted by atomic mass is 10.1. The number of nitrogens with zero attached hydrogens (tertiary/aromatic N) is 1. The van der Waals surface area contributed by atoms with Crippen LogP contribution in [0, 0.1) is 6.92 Å². The van der Waals surface area contributed by atoms with Gasteiger partial charge in [-0.3, -0.25) is 14.4 Å². The van der Waals surface area contributed by atoms with Crippen molar-refractivity contribution in [3.63, 3.8) is 0 Å². The van der Waals surface area contributed by atoms with Crippen LogP contribution in [-0.2, 0) is 9.59 Å². The van der Waals surface area contributed by atoms with Crippen molar-refractivity contribution in [1.29, 1.82) is 0 Å². The summed E-state index contributed by atoms with van der Waals surface area (Å²) in [6, 6.07) is 7.02.